The van der Waals surface area contributed by atoms with Crippen molar-refractivity contribution in [2.45, 2.75) is 38.1 Å². The Labute approximate surface area is 121 Å². The Balaban J connectivity index is 1.87. The Kier molecular flexibility index (Phi) is 2.63. The summed E-state index contributed by atoms with van der Waals surface area (Å²) >= 11 is 0. The van der Waals surface area contributed by atoms with Crippen molar-refractivity contribution in [3.63, 3.8) is 0 Å². The van der Waals surface area contributed by atoms with Crippen LogP contribution < -0.4 is 4.90 Å². The number of nitrogens with zero attached hydrogens (tertiary/aromatic N) is 1. The molecule has 0 aromatic heterocycles. The lowest BCUT2D eigenvalue weighted by Gasteiger charge is -2.52. The van der Waals surface area contributed by atoms with Gasteiger partial charge >= 0.3 is 0 Å². The predicted molar refractivity (Wildman–Crippen MR) is 84.5 cm³/mol. The summed E-state index contributed by atoms with van der Waals surface area (Å²) in [5.74, 6) is 1.33. The number of aryl methyl sites for hydroxylation is 1. The van der Waals surface area contributed by atoms with E-state index in [1.54, 1.807) is 11.1 Å². The average Bonchev–Trinajstić information content (AvgIpc) is 2.49. The predicted octanol–water partition coefficient (Wildman–Crippen LogP) is 4.47. The van der Waals surface area contributed by atoms with Gasteiger partial charge in [0.25, 0.3) is 0 Å². The molecule has 1 fully saturated rings. The van der Waals surface area contributed by atoms with Crippen LogP contribution in [0.5, 0.6) is 0 Å². The minimum atomic E-state index is 0.602. The van der Waals surface area contributed by atoms with Gasteiger partial charge in [-0.1, -0.05) is 42.5 Å². The second-order valence-electron chi connectivity index (χ2n) is 6.27. The minimum Gasteiger partial charge on any atom is -0.368 e. The maximum atomic E-state index is 2.62. The lowest BCUT2D eigenvalue weighted by atomic mass is 9.68. The van der Waals surface area contributed by atoms with E-state index in [1.807, 2.05) is 0 Å². The van der Waals surface area contributed by atoms with Crippen molar-refractivity contribution < 1.29 is 0 Å². The van der Waals surface area contributed by atoms with Crippen LogP contribution >= 0.6 is 0 Å². The van der Waals surface area contributed by atoms with E-state index in [2.05, 4.69) is 67.3 Å². The second-order valence-corrected chi connectivity index (χ2v) is 6.27. The van der Waals surface area contributed by atoms with Gasteiger partial charge in [-0.2, -0.15) is 0 Å². The summed E-state index contributed by atoms with van der Waals surface area (Å²) in [6, 6.07) is 18.5. The fourth-order valence-corrected chi connectivity index (χ4v) is 4.38. The van der Waals surface area contributed by atoms with Crippen molar-refractivity contribution >= 4 is 5.69 Å². The molecule has 1 heteroatoms. The summed E-state index contributed by atoms with van der Waals surface area (Å²) in [6.45, 7) is 5.87. The zero-order valence-electron chi connectivity index (χ0n) is 12.2. The highest BCUT2D eigenvalue weighted by atomic mass is 15.2. The number of piperidine rings is 1. The normalized spacial score (nSPS) is 27.5. The summed E-state index contributed by atoms with van der Waals surface area (Å²) in [7, 11) is 0. The minimum absolute atomic E-state index is 0.602. The van der Waals surface area contributed by atoms with Gasteiger partial charge in [0.15, 0.2) is 0 Å². The first kappa shape index (κ1) is 12.0. The van der Waals surface area contributed by atoms with Gasteiger partial charge in [0, 0.05) is 24.2 Å². The fraction of sp³-hybridized carbons (Fsp3) is 0.368. The van der Waals surface area contributed by atoms with Gasteiger partial charge in [-0.05, 0) is 48.9 Å². The van der Waals surface area contributed by atoms with Crippen LogP contribution in [0.2, 0.25) is 0 Å². The molecule has 2 aromatic carbocycles. The zero-order valence-corrected chi connectivity index (χ0v) is 12.2. The molecular formula is C19H21N. The molecule has 3 atom stereocenters. The highest BCUT2D eigenvalue weighted by Gasteiger charge is 2.43. The Morgan fingerprint density at radius 2 is 1.65 bits per heavy atom. The maximum Gasteiger partial charge on any atom is 0.0404 e. The molecule has 5 rings (SSSR count). The number of fused-ring (bicyclic) bond motifs is 2. The molecule has 0 N–H and O–H groups in total. The SMILES string of the molecule is Cc1ccccc1C1C2CCN(c3ccccc32)[C@@H]1C. The fourth-order valence-electron chi connectivity index (χ4n) is 4.38. The average molecular weight is 263 g/mol. The van der Waals surface area contributed by atoms with Crippen LogP contribution in [-0.4, -0.2) is 12.6 Å². The third-order valence-electron chi connectivity index (χ3n) is 5.32. The van der Waals surface area contributed by atoms with Gasteiger partial charge in [0.2, 0.25) is 0 Å². The topological polar surface area (TPSA) is 3.24 Å². The molecule has 20 heavy (non-hydrogen) atoms. The van der Waals surface area contributed by atoms with E-state index in [4.69, 9.17) is 0 Å². The highest BCUT2D eigenvalue weighted by molar-refractivity contribution is 5.62. The molecule has 2 unspecified atom stereocenters. The van der Waals surface area contributed by atoms with Crippen molar-refractivity contribution in [2.24, 2.45) is 0 Å². The number of hydrogen-bond acceptors (Lipinski definition) is 1. The monoisotopic (exact) mass is 263 g/mol. The largest absolute Gasteiger partial charge is 0.368 e. The number of rotatable bonds is 1. The summed E-state index contributed by atoms with van der Waals surface area (Å²) in [5.41, 5.74) is 6.02. The smallest absolute Gasteiger partial charge is 0.0404 e. The third kappa shape index (κ3) is 1.56. The van der Waals surface area contributed by atoms with Crippen LogP contribution in [0.4, 0.5) is 5.69 Å². The molecule has 3 heterocycles. The first-order valence-electron chi connectivity index (χ1n) is 7.68. The van der Waals surface area contributed by atoms with Gasteiger partial charge in [-0.3, -0.25) is 0 Å². The highest BCUT2D eigenvalue weighted by Crippen LogP contribution is 2.52. The standard InChI is InChI=1S/C19H21N/c1-13-7-3-4-8-15(13)19-14(2)20-12-11-17(19)16-9-5-6-10-18(16)20/h3-10,14,17,19H,11-12H2,1-2H3/t14-,17?,19?/m1/s1. The van der Waals surface area contributed by atoms with E-state index >= 15 is 0 Å². The van der Waals surface area contributed by atoms with Crippen LogP contribution in [0.1, 0.15) is 41.9 Å². The maximum absolute atomic E-state index is 2.62. The van der Waals surface area contributed by atoms with Crippen molar-refractivity contribution in [2.75, 3.05) is 11.4 Å². The van der Waals surface area contributed by atoms with Crippen molar-refractivity contribution in [3.8, 4) is 0 Å². The molecule has 0 aliphatic carbocycles. The first-order valence-corrected chi connectivity index (χ1v) is 7.68. The molecule has 3 aliphatic rings. The second kappa shape index (κ2) is 4.37. The Bertz CT molecular complexity index is 646. The number of benzene rings is 2. The van der Waals surface area contributed by atoms with Gasteiger partial charge in [0.05, 0.1) is 0 Å². The third-order valence-corrected chi connectivity index (χ3v) is 5.32. The number of para-hydroxylation sites is 1. The first-order chi connectivity index (χ1) is 9.77. The van der Waals surface area contributed by atoms with Crippen LogP contribution in [-0.2, 0) is 0 Å². The molecule has 0 spiro atoms. The zero-order chi connectivity index (χ0) is 13.7. The van der Waals surface area contributed by atoms with Gasteiger partial charge in [-0.15, -0.1) is 0 Å². The molecule has 0 radical (unpaired) electrons. The van der Waals surface area contributed by atoms with Gasteiger partial charge in [-0.25, -0.2) is 0 Å². The molecule has 0 amide bonds. The summed E-state index contributed by atoms with van der Waals surface area (Å²) in [5, 5.41) is 0. The van der Waals surface area contributed by atoms with Crippen LogP contribution in [0, 0.1) is 6.92 Å². The number of hydrogen-bond donors (Lipinski definition) is 0. The molecular weight excluding hydrogens is 242 g/mol. The van der Waals surface area contributed by atoms with E-state index in [1.165, 1.54) is 24.2 Å². The Morgan fingerprint density at radius 1 is 0.950 bits per heavy atom. The lowest BCUT2D eigenvalue weighted by molar-refractivity contribution is 0.347. The van der Waals surface area contributed by atoms with Crippen LogP contribution in [0.25, 0.3) is 0 Å². The van der Waals surface area contributed by atoms with E-state index in [0.717, 1.165) is 0 Å². The summed E-state index contributed by atoms with van der Waals surface area (Å²) in [4.78, 5) is 2.62. The summed E-state index contributed by atoms with van der Waals surface area (Å²) < 4.78 is 0. The Hall–Kier alpha value is -1.76. The lowest BCUT2D eigenvalue weighted by Crippen LogP contribution is -2.50. The van der Waals surface area contributed by atoms with E-state index < -0.39 is 0 Å². The molecule has 0 saturated carbocycles. The molecule has 2 aromatic rings. The molecule has 1 nitrogen and oxygen atoms in total. The molecule has 2 bridgehead atoms. The van der Waals surface area contributed by atoms with E-state index in [9.17, 15) is 0 Å². The van der Waals surface area contributed by atoms with Crippen molar-refractivity contribution in [3.05, 3.63) is 65.2 Å². The van der Waals surface area contributed by atoms with Gasteiger partial charge in [0.1, 0.15) is 0 Å². The van der Waals surface area contributed by atoms with Crippen LogP contribution in [0.15, 0.2) is 48.5 Å². The Morgan fingerprint density at radius 3 is 2.45 bits per heavy atom. The molecule has 1 saturated heterocycles. The van der Waals surface area contributed by atoms with Crippen molar-refractivity contribution in [1.82, 2.24) is 0 Å². The molecule has 3 aliphatic heterocycles. The van der Waals surface area contributed by atoms with Crippen molar-refractivity contribution in [1.29, 1.82) is 0 Å². The number of anilines is 1. The molecule has 102 valence electrons. The van der Waals surface area contributed by atoms with Crippen LogP contribution in [0.3, 0.4) is 0 Å². The van der Waals surface area contributed by atoms with E-state index in [-0.39, 0.29) is 0 Å². The van der Waals surface area contributed by atoms with E-state index in [0.29, 0.717) is 17.9 Å². The quantitative estimate of drug-likeness (QED) is 0.733. The summed E-state index contributed by atoms with van der Waals surface area (Å²) in [6.07, 6.45) is 1.29. The van der Waals surface area contributed by atoms with Gasteiger partial charge < -0.3 is 4.90 Å².